The first-order valence-corrected chi connectivity index (χ1v) is 8.92. The lowest BCUT2D eigenvalue weighted by Gasteiger charge is -2.23. The monoisotopic (exact) mass is 321 g/mol. The predicted octanol–water partition coefficient (Wildman–Crippen LogP) is 4.54. The maximum absolute atomic E-state index is 4.83. The van der Waals surface area contributed by atoms with Crippen molar-refractivity contribution in [3.63, 3.8) is 0 Å². The molecule has 0 N–H and O–H groups in total. The minimum atomic E-state index is 0.479. The Balaban J connectivity index is 1.51. The van der Waals surface area contributed by atoms with Crippen LogP contribution in [0, 0.1) is 0 Å². The van der Waals surface area contributed by atoms with Gasteiger partial charge in [0.1, 0.15) is 5.01 Å². The number of hydrogen-bond donors (Lipinski definition) is 0. The Hall–Kier alpha value is -2.04. The number of benzene rings is 1. The molecule has 1 saturated heterocycles. The topological polar surface area (TPSA) is 29.0 Å². The van der Waals surface area contributed by atoms with E-state index in [0.29, 0.717) is 6.04 Å². The molecule has 0 bridgehead atoms. The molecule has 2 aromatic heterocycles. The van der Waals surface area contributed by atoms with Crippen molar-refractivity contribution in [1.29, 1.82) is 0 Å². The number of nitrogens with zero attached hydrogens (tertiary/aromatic N) is 3. The van der Waals surface area contributed by atoms with Crippen LogP contribution in [0.3, 0.4) is 0 Å². The standard InChI is InChI=1S/C19H19N3S/c1-2-6-15(7-3-1)17-14-23-19(21-17)13-22-11-5-9-18(22)16-8-4-10-20-12-16/h1-4,6-8,10,12,14,18H,5,9,11,13H2. The molecule has 4 heteroatoms. The molecule has 1 fully saturated rings. The highest BCUT2D eigenvalue weighted by Gasteiger charge is 2.26. The van der Waals surface area contributed by atoms with Crippen molar-refractivity contribution in [2.45, 2.75) is 25.4 Å². The summed E-state index contributed by atoms with van der Waals surface area (Å²) < 4.78 is 0. The first kappa shape index (κ1) is 14.5. The Bertz CT molecular complexity index is 755. The minimum absolute atomic E-state index is 0.479. The van der Waals surface area contributed by atoms with Crippen LogP contribution in [0.15, 0.2) is 60.2 Å². The third kappa shape index (κ3) is 3.19. The largest absolute Gasteiger partial charge is 0.290 e. The second-order valence-corrected chi connectivity index (χ2v) is 6.85. The zero-order valence-corrected chi connectivity index (χ0v) is 13.7. The molecule has 0 radical (unpaired) electrons. The zero-order chi connectivity index (χ0) is 15.5. The van der Waals surface area contributed by atoms with Gasteiger partial charge in [-0.15, -0.1) is 11.3 Å². The van der Waals surface area contributed by atoms with Crippen LogP contribution in [-0.4, -0.2) is 21.4 Å². The van der Waals surface area contributed by atoms with Gasteiger partial charge in [-0.1, -0.05) is 36.4 Å². The molecular formula is C19H19N3S. The van der Waals surface area contributed by atoms with Crippen LogP contribution in [0.25, 0.3) is 11.3 Å². The first-order valence-electron chi connectivity index (χ1n) is 8.04. The Labute approximate surface area is 140 Å². The third-order valence-electron chi connectivity index (χ3n) is 4.39. The fraction of sp³-hybridized carbons (Fsp3) is 0.263. The number of rotatable bonds is 4. The van der Waals surface area contributed by atoms with Gasteiger partial charge in [0.2, 0.25) is 0 Å². The Kier molecular flexibility index (Phi) is 4.18. The van der Waals surface area contributed by atoms with Gasteiger partial charge in [0.05, 0.1) is 12.2 Å². The van der Waals surface area contributed by atoms with E-state index >= 15 is 0 Å². The number of likely N-dealkylation sites (tertiary alicyclic amines) is 1. The van der Waals surface area contributed by atoms with E-state index in [-0.39, 0.29) is 0 Å². The third-order valence-corrected chi connectivity index (χ3v) is 5.23. The van der Waals surface area contributed by atoms with Crippen molar-refractivity contribution in [2.75, 3.05) is 6.54 Å². The summed E-state index contributed by atoms with van der Waals surface area (Å²) in [6.07, 6.45) is 6.30. The summed E-state index contributed by atoms with van der Waals surface area (Å²) >= 11 is 1.76. The first-order chi connectivity index (χ1) is 11.4. The number of aromatic nitrogens is 2. The van der Waals surface area contributed by atoms with E-state index in [4.69, 9.17) is 4.98 Å². The summed E-state index contributed by atoms with van der Waals surface area (Å²) in [5, 5.41) is 3.36. The average Bonchev–Trinajstić information content (AvgIpc) is 3.26. The summed E-state index contributed by atoms with van der Waals surface area (Å²) in [4.78, 5) is 11.6. The lowest BCUT2D eigenvalue weighted by atomic mass is 10.1. The maximum atomic E-state index is 4.83. The predicted molar refractivity (Wildman–Crippen MR) is 94.2 cm³/mol. The lowest BCUT2D eigenvalue weighted by molar-refractivity contribution is 0.248. The second kappa shape index (κ2) is 6.60. The molecule has 1 unspecified atom stereocenters. The molecule has 1 atom stereocenters. The van der Waals surface area contributed by atoms with Gasteiger partial charge in [-0.3, -0.25) is 9.88 Å². The quantitative estimate of drug-likeness (QED) is 0.706. The van der Waals surface area contributed by atoms with Gasteiger partial charge < -0.3 is 0 Å². The van der Waals surface area contributed by atoms with Crippen LogP contribution < -0.4 is 0 Å². The van der Waals surface area contributed by atoms with Gasteiger partial charge in [-0.05, 0) is 31.0 Å². The maximum Gasteiger partial charge on any atom is 0.107 e. The summed E-state index contributed by atoms with van der Waals surface area (Å²) in [6.45, 7) is 2.07. The van der Waals surface area contributed by atoms with E-state index in [1.54, 1.807) is 11.3 Å². The summed E-state index contributed by atoms with van der Waals surface area (Å²) in [5.41, 5.74) is 3.60. The minimum Gasteiger partial charge on any atom is -0.290 e. The fourth-order valence-corrected chi connectivity index (χ4v) is 4.09. The number of thiazole rings is 1. The van der Waals surface area contributed by atoms with E-state index in [2.05, 4.69) is 45.6 Å². The van der Waals surface area contributed by atoms with Gasteiger partial charge in [0.15, 0.2) is 0 Å². The summed E-state index contributed by atoms with van der Waals surface area (Å²) in [7, 11) is 0. The van der Waals surface area contributed by atoms with E-state index < -0.39 is 0 Å². The molecule has 116 valence electrons. The van der Waals surface area contributed by atoms with Crippen molar-refractivity contribution in [2.24, 2.45) is 0 Å². The van der Waals surface area contributed by atoms with Crippen molar-refractivity contribution in [1.82, 2.24) is 14.9 Å². The van der Waals surface area contributed by atoms with Crippen LogP contribution in [0.2, 0.25) is 0 Å². The van der Waals surface area contributed by atoms with Crippen LogP contribution in [0.1, 0.15) is 29.5 Å². The van der Waals surface area contributed by atoms with Crippen molar-refractivity contribution < 1.29 is 0 Å². The molecule has 0 amide bonds. The Morgan fingerprint density at radius 3 is 2.87 bits per heavy atom. The molecule has 3 heterocycles. The summed E-state index contributed by atoms with van der Waals surface area (Å²) in [6, 6.07) is 15.1. The molecule has 1 aliphatic rings. The van der Waals surface area contributed by atoms with Crippen LogP contribution in [0.5, 0.6) is 0 Å². The highest BCUT2D eigenvalue weighted by atomic mass is 32.1. The van der Waals surface area contributed by atoms with Gasteiger partial charge in [-0.2, -0.15) is 0 Å². The molecular weight excluding hydrogens is 302 g/mol. The molecule has 23 heavy (non-hydrogen) atoms. The second-order valence-electron chi connectivity index (χ2n) is 5.91. The molecule has 0 aliphatic carbocycles. The molecule has 4 rings (SSSR count). The molecule has 1 aromatic carbocycles. The Morgan fingerprint density at radius 1 is 1.13 bits per heavy atom. The van der Waals surface area contributed by atoms with Gasteiger partial charge in [0, 0.05) is 29.4 Å². The molecule has 1 aliphatic heterocycles. The van der Waals surface area contributed by atoms with E-state index in [1.165, 1.54) is 29.0 Å². The van der Waals surface area contributed by atoms with Crippen molar-refractivity contribution >= 4 is 11.3 Å². The van der Waals surface area contributed by atoms with Crippen LogP contribution >= 0.6 is 11.3 Å². The smallest absolute Gasteiger partial charge is 0.107 e. The molecule has 0 saturated carbocycles. The molecule has 3 nitrogen and oxygen atoms in total. The van der Waals surface area contributed by atoms with E-state index in [0.717, 1.165) is 18.8 Å². The van der Waals surface area contributed by atoms with E-state index in [1.807, 2.05) is 24.5 Å². The number of pyridine rings is 1. The average molecular weight is 321 g/mol. The zero-order valence-electron chi connectivity index (χ0n) is 12.9. The van der Waals surface area contributed by atoms with Gasteiger partial charge in [0.25, 0.3) is 0 Å². The van der Waals surface area contributed by atoms with Crippen LogP contribution in [0.4, 0.5) is 0 Å². The summed E-state index contributed by atoms with van der Waals surface area (Å²) in [5.74, 6) is 0. The SMILES string of the molecule is c1ccc(-c2csc(CN3CCCC3c3cccnc3)n2)cc1. The highest BCUT2D eigenvalue weighted by Crippen LogP contribution is 2.33. The molecule has 3 aromatic rings. The highest BCUT2D eigenvalue weighted by molar-refractivity contribution is 7.09. The molecule has 0 spiro atoms. The normalized spacial score (nSPS) is 18.3. The van der Waals surface area contributed by atoms with Crippen molar-refractivity contribution in [3.05, 3.63) is 70.8 Å². The van der Waals surface area contributed by atoms with Crippen LogP contribution in [-0.2, 0) is 6.54 Å². The van der Waals surface area contributed by atoms with Gasteiger partial charge >= 0.3 is 0 Å². The van der Waals surface area contributed by atoms with Crippen molar-refractivity contribution in [3.8, 4) is 11.3 Å². The van der Waals surface area contributed by atoms with E-state index in [9.17, 15) is 0 Å². The fourth-order valence-electron chi connectivity index (χ4n) is 3.26. The van der Waals surface area contributed by atoms with Gasteiger partial charge in [-0.25, -0.2) is 4.98 Å². The lowest BCUT2D eigenvalue weighted by Crippen LogP contribution is -2.22. The number of hydrogen-bond acceptors (Lipinski definition) is 4. The Morgan fingerprint density at radius 2 is 2.04 bits per heavy atom.